The summed E-state index contributed by atoms with van der Waals surface area (Å²) < 4.78 is 10.5. The number of ether oxygens (including phenoxy) is 1. The Balaban J connectivity index is 1.51. The molecule has 0 bridgehead atoms. The molecule has 0 spiro atoms. The Kier molecular flexibility index (Phi) is 6.31. The lowest BCUT2D eigenvalue weighted by Gasteiger charge is -2.06. The smallest absolute Gasteiger partial charge is 0.306 e. The highest BCUT2D eigenvalue weighted by atomic mass is 16.6. The van der Waals surface area contributed by atoms with Crippen LogP contribution in [0, 0.1) is 24.0 Å². The molecule has 0 saturated heterocycles. The fourth-order valence-electron chi connectivity index (χ4n) is 2.76. The summed E-state index contributed by atoms with van der Waals surface area (Å²) in [6.45, 7) is 3.53. The monoisotopic (exact) mass is 409 g/mol. The summed E-state index contributed by atoms with van der Waals surface area (Å²) in [4.78, 5) is 34.5. The summed E-state index contributed by atoms with van der Waals surface area (Å²) in [5.41, 5.74) is 2.90. The van der Waals surface area contributed by atoms with E-state index in [1.54, 1.807) is 6.07 Å². The highest BCUT2D eigenvalue weighted by molar-refractivity contribution is 5.98. The van der Waals surface area contributed by atoms with Crippen molar-refractivity contribution in [2.75, 3.05) is 0 Å². The molecule has 9 heteroatoms. The number of ketones is 1. The molecule has 154 valence electrons. The van der Waals surface area contributed by atoms with Crippen LogP contribution in [-0.4, -0.2) is 26.9 Å². The number of nitrogens with zero attached hydrogens (tertiary/aromatic N) is 3. The molecule has 9 nitrogen and oxygen atoms in total. The second kappa shape index (κ2) is 9.08. The van der Waals surface area contributed by atoms with E-state index in [4.69, 9.17) is 9.15 Å². The molecule has 2 aromatic carbocycles. The summed E-state index contributed by atoms with van der Waals surface area (Å²) in [5.74, 6) is -0.436. The predicted molar refractivity (Wildman–Crippen MR) is 106 cm³/mol. The number of non-ortho nitro benzene ring substituents is 1. The van der Waals surface area contributed by atoms with Crippen LogP contribution >= 0.6 is 0 Å². The molecule has 0 amide bonds. The van der Waals surface area contributed by atoms with Crippen molar-refractivity contribution >= 4 is 17.4 Å². The number of Topliss-reactive ketones (excluding diaryl/α,β-unsaturated/α-hetero) is 1. The van der Waals surface area contributed by atoms with Crippen LogP contribution in [0.25, 0.3) is 11.5 Å². The molecule has 0 atom stereocenters. The van der Waals surface area contributed by atoms with E-state index in [1.165, 1.54) is 24.3 Å². The van der Waals surface area contributed by atoms with E-state index < -0.39 is 10.9 Å². The van der Waals surface area contributed by atoms with Gasteiger partial charge in [0.05, 0.1) is 11.3 Å². The van der Waals surface area contributed by atoms with Crippen LogP contribution in [0.1, 0.15) is 40.2 Å². The molecule has 30 heavy (non-hydrogen) atoms. The summed E-state index contributed by atoms with van der Waals surface area (Å²) in [7, 11) is 0. The molecule has 3 aromatic rings. The number of nitro benzene ring substituents is 1. The van der Waals surface area contributed by atoms with Crippen molar-refractivity contribution in [1.29, 1.82) is 0 Å². The molecule has 0 aliphatic carbocycles. The summed E-state index contributed by atoms with van der Waals surface area (Å²) in [6.07, 6.45) is -0.0173. The number of aryl methyl sites for hydroxylation is 2. The zero-order valence-electron chi connectivity index (χ0n) is 16.5. The normalized spacial score (nSPS) is 10.6. The predicted octanol–water partition coefficient (Wildman–Crippen LogP) is 3.97. The topological polar surface area (TPSA) is 125 Å². The van der Waals surface area contributed by atoms with Crippen LogP contribution < -0.4 is 0 Å². The Morgan fingerprint density at radius 1 is 1.07 bits per heavy atom. The fourth-order valence-corrected chi connectivity index (χ4v) is 2.76. The average molecular weight is 409 g/mol. The highest BCUT2D eigenvalue weighted by Gasteiger charge is 2.15. The van der Waals surface area contributed by atoms with Gasteiger partial charge in [0, 0.05) is 29.7 Å². The minimum atomic E-state index is -0.552. The molecule has 0 saturated carbocycles. The summed E-state index contributed by atoms with van der Waals surface area (Å²) in [5, 5.41) is 18.3. The molecule has 0 aliphatic rings. The van der Waals surface area contributed by atoms with Crippen LogP contribution in [0.15, 0.2) is 46.9 Å². The first kappa shape index (κ1) is 20.8. The fraction of sp³-hybridized carbons (Fsp3) is 0.238. The average Bonchev–Trinajstić information content (AvgIpc) is 3.21. The van der Waals surface area contributed by atoms with Gasteiger partial charge in [-0.3, -0.25) is 19.7 Å². The van der Waals surface area contributed by atoms with Crippen LogP contribution in [0.2, 0.25) is 0 Å². The Hall–Kier alpha value is -3.88. The van der Waals surface area contributed by atoms with E-state index in [0.29, 0.717) is 11.1 Å². The number of rotatable bonds is 8. The first-order valence-corrected chi connectivity index (χ1v) is 9.17. The molecule has 0 radical (unpaired) electrons. The SMILES string of the molecule is Cc1ccc(C)c(C(=O)CCC(=O)OCc2nnc(-c3ccc([N+](=O)[O-])cc3)o2)c1. The van der Waals surface area contributed by atoms with Gasteiger partial charge >= 0.3 is 5.97 Å². The van der Waals surface area contributed by atoms with Crippen LogP contribution in [0.5, 0.6) is 0 Å². The number of carbonyl (C=O) groups excluding carboxylic acids is 2. The quantitative estimate of drug-likeness (QED) is 0.237. The third kappa shape index (κ3) is 5.13. The number of carbonyl (C=O) groups is 2. The van der Waals surface area contributed by atoms with E-state index in [2.05, 4.69) is 10.2 Å². The first-order chi connectivity index (χ1) is 14.3. The second-order valence-electron chi connectivity index (χ2n) is 6.71. The zero-order valence-corrected chi connectivity index (χ0v) is 16.5. The number of benzene rings is 2. The van der Waals surface area contributed by atoms with Gasteiger partial charge in [-0.05, 0) is 37.6 Å². The maximum Gasteiger partial charge on any atom is 0.306 e. The summed E-state index contributed by atoms with van der Waals surface area (Å²) >= 11 is 0. The van der Waals surface area contributed by atoms with Gasteiger partial charge in [0.15, 0.2) is 12.4 Å². The minimum Gasteiger partial charge on any atom is -0.456 e. The third-order valence-corrected chi connectivity index (χ3v) is 4.40. The zero-order chi connectivity index (χ0) is 21.7. The molecule has 1 heterocycles. The molecule has 0 fully saturated rings. The Morgan fingerprint density at radius 2 is 1.80 bits per heavy atom. The first-order valence-electron chi connectivity index (χ1n) is 9.17. The summed E-state index contributed by atoms with van der Waals surface area (Å²) in [6, 6.07) is 11.2. The van der Waals surface area contributed by atoms with Crippen molar-refractivity contribution in [2.24, 2.45) is 0 Å². The Bertz CT molecular complexity index is 1090. The molecular weight excluding hydrogens is 390 g/mol. The van der Waals surface area contributed by atoms with Crippen LogP contribution in [0.3, 0.4) is 0 Å². The lowest BCUT2D eigenvalue weighted by atomic mass is 9.99. The molecule has 1 aromatic heterocycles. The van der Waals surface area contributed by atoms with Crippen molar-refractivity contribution in [2.45, 2.75) is 33.3 Å². The maximum atomic E-state index is 12.3. The lowest BCUT2D eigenvalue weighted by Crippen LogP contribution is -2.09. The maximum absolute atomic E-state index is 12.3. The molecule has 3 rings (SSSR count). The number of esters is 1. The van der Waals surface area contributed by atoms with E-state index in [1.807, 2.05) is 26.0 Å². The van der Waals surface area contributed by atoms with E-state index in [0.717, 1.165) is 11.1 Å². The lowest BCUT2D eigenvalue weighted by molar-refractivity contribution is -0.384. The standard InChI is InChI=1S/C21H19N3O6/c1-13-3-4-14(2)17(11-13)18(25)9-10-20(26)29-12-19-22-23-21(30-19)15-5-7-16(8-6-15)24(27)28/h3-8,11H,9-10,12H2,1-2H3. The van der Waals surface area contributed by atoms with Gasteiger partial charge < -0.3 is 9.15 Å². The van der Waals surface area contributed by atoms with Crippen molar-refractivity contribution in [3.8, 4) is 11.5 Å². The van der Waals surface area contributed by atoms with Gasteiger partial charge in [0.1, 0.15) is 0 Å². The van der Waals surface area contributed by atoms with Gasteiger partial charge in [-0.1, -0.05) is 17.7 Å². The van der Waals surface area contributed by atoms with Gasteiger partial charge in [-0.15, -0.1) is 10.2 Å². The van der Waals surface area contributed by atoms with Crippen LogP contribution in [-0.2, 0) is 16.1 Å². The van der Waals surface area contributed by atoms with E-state index in [-0.39, 0.29) is 42.7 Å². The van der Waals surface area contributed by atoms with E-state index in [9.17, 15) is 19.7 Å². The number of hydrogen-bond acceptors (Lipinski definition) is 8. The van der Waals surface area contributed by atoms with Gasteiger partial charge in [0.2, 0.25) is 5.89 Å². The van der Waals surface area contributed by atoms with Crippen LogP contribution in [0.4, 0.5) is 5.69 Å². The van der Waals surface area contributed by atoms with Crippen molar-refractivity contribution in [3.05, 3.63) is 75.2 Å². The third-order valence-electron chi connectivity index (χ3n) is 4.40. The Labute approximate surface area is 171 Å². The number of aromatic nitrogens is 2. The molecule has 0 aliphatic heterocycles. The minimum absolute atomic E-state index is 0.0427. The highest BCUT2D eigenvalue weighted by Crippen LogP contribution is 2.21. The van der Waals surface area contributed by atoms with Gasteiger partial charge in [-0.2, -0.15) is 0 Å². The molecule has 0 unspecified atom stereocenters. The van der Waals surface area contributed by atoms with Crippen molar-refractivity contribution in [3.63, 3.8) is 0 Å². The van der Waals surface area contributed by atoms with Gasteiger partial charge in [-0.25, -0.2) is 0 Å². The Morgan fingerprint density at radius 3 is 2.50 bits per heavy atom. The van der Waals surface area contributed by atoms with Gasteiger partial charge in [0.25, 0.3) is 11.6 Å². The largest absolute Gasteiger partial charge is 0.456 e. The number of hydrogen-bond donors (Lipinski definition) is 0. The molecular formula is C21H19N3O6. The van der Waals surface area contributed by atoms with E-state index >= 15 is 0 Å². The second-order valence-corrected chi connectivity index (χ2v) is 6.71. The van der Waals surface area contributed by atoms with Crippen molar-refractivity contribution < 1.29 is 23.7 Å². The van der Waals surface area contributed by atoms with Crippen molar-refractivity contribution in [1.82, 2.24) is 10.2 Å². The number of nitro groups is 1. The molecule has 0 N–H and O–H groups in total.